The van der Waals surface area contributed by atoms with E-state index in [0.717, 1.165) is 18.8 Å². The van der Waals surface area contributed by atoms with Crippen molar-refractivity contribution in [3.8, 4) is 0 Å². The molecule has 0 spiro atoms. The standard InChI is InChI=1S/C12H19N3/c1-4-15-11-7-9(13)5-6-10(11)14-8-12(15,2)3/h5-7,14H,4,8,13H2,1-3H3. The number of hydrogen-bond acceptors (Lipinski definition) is 3. The molecule has 0 radical (unpaired) electrons. The second-order valence-electron chi connectivity index (χ2n) is 4.69. The molecule has 0 unspecified atom stereocenters. The van der Waals surface area contributed by atoms with E-state index in [-0.39, 0.29) is 5.54 Å². The second-order valence-corrected chi connectivity index (χ2v) is 4.69. The van der Waals surface area contributed by atoms with Gasteiger partial charge < -0.3 is 16.0 Å². The van der Waals surface area contributed by atoms with Crippen molar-refractivity contribution in [2.75, 3.05) is 29.0 Å². The Bertz CT molecular complexity index is 371. The van der Waals surface area contributed by atoms with Crippen LogP contribution in [0, 0.1) is 0 Å². The van der Waals surface area contributed by atoms with Crippen molar-refractivity contribution in [2.45, 2.75) is 26.3 Å². The zero-order valence-corrected chi connectivity index (χ0v) is 9.67. The van der Waals surface area contributed by atoms with Crippen LogP contribution in [0.5, 0.6) is 0 Å². The summed E-state index contributed by atoms with van der Waals surface area (Å²) < 4.78 is 0. The van der Waals surface area contributed by atoms with Crippen LogP contribution in [0.4, 0.5) is 17.1 Å². The molecule has 3 N–H and O–H groups in total. The van der Waals surface area contributed by atoms with Gasteiger partial charge in [0.05, 0.1) is 16.9 Å². The fraction of sp³-hybridized carbons (Fsp3) is 0.500. The number of rotatable bonds is 1. The van der Waals surface area contributed by atoms with E-state index in [1.165, 1.54) is 11.4 Å². The number of hydrogen-bond donors (Lipinski definition) is 2. The second kappa shape index (κ2) is 3.33. The van der Waals surface area contributed by atoms with Crippen molar-refractivity contribution >= 4 is 17.1 Å². The van der Waals surface area contributed by atoms with Crippen LogP contribution in [-0.2, 0) is 0 Å². The first-order chi connectivity index (χ1) is 7.04. The topological polar surface area (TPSA) is 41.3 Å². The van der Waals surface area contributed by atoms with Gasteiger partial charge in [0.2, 0.25) is 0 Å². The molecule has 0 amide bonds. The Balaban J connectivity index is 2.49. The molecule has 1 aliphatic rings. The molecule has 3 nitrogen and oxygen atoms in total. The monoisotopic (exact) mass is 205 g/mol. The summed E-state index contributed by atoms with van der Waals surface area (Å²) >= 11 is 0. The number of anilines is 3. The minimum absolute atomic E-state index is 0.148. The molecule has 0 saturated carbocycles. The molecule has 0 fully saturated rings. The van der Waals surface area contributed by atoms with E-state index in [0.29, 0.717) is 0 Å². The van der Waals surface area contributed by atoms with E-state index in [2.05, 4.69) is 37.1 Å². The van der Waals surface area contributed by atoms with Gasteiger partial charge >= 0.3 is 0 Å². The first-order valence-corrected chi connectivity index (χ1v) is 5.45. The molecule has 82 valence electrons. The Morgan fingerprint density at radius 1 is 1.47 bits per heavy atom. The maximum Gasteiger partial charge on any atom is 0.0627 e. The van der Waals surface area contributed by atoms with E-state index >= 15 is 0 Å². The fourth-order valence-electron chi connectivity index (χ4n) is 2.25. The van der Waals surface area contributed by atoms with Crippen molar-refractivity contribution in [2.24, 2.45) is 0 Å². The van der Waals surface area contributed by atoms with Gasteiger partial charge in [-0.15, -0.1) is 0 Å². The molecular formula is C12H19N3. The molecule has 1 aliphatic heterocycles. The van der Waals surface area contributed by atoms with Crippen molar-refractivity contribution < 1.29 is 0 Å². The molecule has 0 aromatic heterocycles. The molecule has 0 saturated heterocycles. The number of nitrogens with one attached hydrogen (secondary N) is 1. The quantitative estimate of drug-likeness (QED) is 0.691. The van der Waals surface area contributed by atoms with Gasteiger partial charge in [0, 0.05) is 18.8 Å². The van der Waals surface area contributed by atoms with Crippen molar-refractivity contribution in [3.63, 3.8) is 0 Å². The lowest BCUT2D eigenvalue weighted by molar-refractivity contribution is 0.480. The smallest absolute Gasteiger partial charge is 0.0627 e. The lowest BCUT2D eigenvalue weighted by atomic mass is 9.97. The molecule has 0 atom stereocenters. The Morgan fingerprint density at radius 3 is 2.87 bits per heavy atom. The summed E-state index contributed by atoms with van der Waals surface area (Å²) in [6.45, 7) is 8.65. The van der Waals surface area contributed by atoms with Crippen LogP contribution in [0.3, 0.4) is 0 Å². The lowest BCUT2D eigenvalue weighted by Gasteiger charge is -2.45. The highest BCUT2D eigenvalue weighted by Gasteiger charge is 2.31. The maximum absolute atomic E-state index is 5.83. The summed E-state index contributed by atoms with van der Waals surface area (Å²) in [5.74, 6) is 0. The molecule has 15 heavy (non-hydrogen) atoms. The van der Waals surface area contributed by atoms with E-state index in [1.54, 1.807) is 0 Å². The minimum Gasteiger partial charge on any atom is -0.399 e. The maximum atomic E-state index is 5.83. The zero-order chi connectivity index (χ0) is 11.1. The molecule has 0 bridgehead atoms. The van der Waals surface area contributed by atoms with E-state index in [1.807, 2.05) is 12.1 Å². The molecule has 2 rings (SSSR count). The number of nitrogens with two attached hydrogens (primary N) is 1. The third-order valence-corrected chi connectivity index (χ3v) is 3.07. The van der Waals surface area contributed by atoms with Crippen LogP contribution in [0.25, 0.3) is 0 Å². The predicted molar refractivity (Wildman–Crippen MR) is 66.4 cm³/mol. The van der Waals surface area contributed by atoms with Gasteiger partial charge in [0.1, 0.15) is 0 Å². The highest BCUT2D eigenvalue weighted by atomic mass is 15.2. The van der Waals surface area contributed by atoms with Crippen LogP contribution in [-0.4, -0.2) is 18.6 Å². The Kier molecular flexibility index (Phi) is 2.25. The first-order valence-electron chi connectivity index (χ1n) is 5.45. The van der Waals surface area contributed by atoms with Crippen LogP contribution >= 0.6 is 0 Å². The van der Waals surface area contributed by atoms with Gasteiger partial charge in [0.15, 0.2) is 0 Å². The third kappa shape index (κ3) is 1.62. The highest BCUT2D eigenvalue weighted by molar-refractivity contribution is 5.77. The normalized spacial score (nSPS) is 18.2. The van der Waals surface area contributed by atoms with E-state index in [4.69, 9.17) is 5.73 Å². The Labute approximate surface area is 91.3 Å². The minimum atomic E-state index is 0.148. The molecule has 1 aromatic rings. The molecule has 1 heterocycles. The molecular weight excluding hydrogens is 186 g/mol. The SMILES string of the molecule is CCN1c2cc(N)ccc2NCC1(C)C. The van der Waals surface area contributed by atoms with Crippen molar-refractivity contribution in [1.82, 2.24) is 0 Å². The number of benzene rings is 1. The van der Waals surface area contributed by atoms with Gasteiger partial charge in [-0.05, 0) is 39.0 Å². The largest absolute Gasteiger partial charge is 0.399 e. The summed E-state index contributed by atoms with van der Waals surface area (Å²) in [5.41, 5.74) is 9.21. The van der Waals surface area contributed by atoms with Crippen molar-refractivity contribution in [1.29, 1.82) is 0 Å². The highest BCUT2D eigenvalue weighted by Crippen LogP contribution is 2.36. The van der Waals surface area contributed by atoms with E-state index < -0.39 is 0 Å². The third-order valence-electron chi connectivity index (χ3n) is 3.07. The summed E-state index contributed by atoms with van der Waals surface area (Å²) in [7, 11) is 0. The van der Waals surface area contributed by atoms with Gasteiger partial charge in [-0.2, -0.15) is 0 Å². The lowest BCUT2D eigenvalue weighted by Crippen LogP contribution is -2.52. The number of fused-ring (bicyclic) bond motifs is 1. The van der Waals surface area contributed by atoms with Gasteiger partial charge in [0.25, 0.3) is 0 Å². The molecule has 3 heteroatoms. The number of nitrogen functional groups attached to an aromatic ring is 1. The van der Waals surface area contributed by atoms with Crippen LogP contribution in [0.15, 0.2) is 18.2 Å². The summed E-state index contributed by atoms with van der Waals surface area (Å²) in [5, 5.41) is 3.45. The summed E-state index contributed by atoms with van der Waals surface area (Å²) in [6, 6.07) is 6.05. The summed E-state index contributed by atoms with van der Waals surface area (Å²) in [4.78, 5) is 2.40. The van der Waals surface area contributed by atoms with Crippen LogP contribution in [0.1, 0.15) is 20.8 Å². The molecule has 1 aromatic carbocycles. The molecule has 0 aliphatic carbocycles. The van der Waals surface area contributed by atoms with Gasteiger partial charge in [-0.3, -0.25) is 0 Å². The number of nitrogens with zero attached hydrogens (tertiary/aromatic N) is 1. The van der Waals surface area contributed by atoms with E-state index in [9.17, 15) is 0 Å². The van der Waals surface area contributed by atoms with Gasteiger partial charge in [-0.1, -0.05) is 0 Å². The Morgan fingerprint density at radius 2 is 2.20 bits per heavy atom. The van der Waals surface area contributed by atoms with Crippen LogP contribution < -0.4 is 16.0 Å². The van der Waals surface area contributed by atoms with Crippen LogP contribution in [0.2, 0.25) is 0 Å². The zero-order valence-electron chi connectivity index (χ0n) is 9.67. The van der Waals surface area contributed by atoms with Crippen molar-refractivity contribution in [3.05, 3.63) is 18.2 Å². The summed E-state index contributed by atoms with van der Waals surface area (Å²) in [6.07, 6.45) is 0. The number of likely N-dealkylation sites (N-methyl/N-ethyl adjacent to an activating group) is 1. The fourth-order valence-corrected chi connectivity index (χ4v) is 2.25. The first kappa shape index (κ1) is 10.1. The Hall–Kier alpha value is -1.38. The van der Waals surface area contributed by atoms with Gasteiger partial charge in [-0.25, -0.2) is 0 Å². The predicted octanol–water partition coefficient (Wildman–Crippen LogP) is 2.30. The average molecular weight is 205 g/mol. The average Bonchev–Trinajstić information content (AvgIpc) is 2.16.